The van der Waals surface area contributed by atoms with Crippen molar-refractivity contribution in [2.45, 2.75) is 26.1 Å². The fourth-order valence-corrected chi connectivity index (χ4v) is 2.41. The molecule has 0 saturated heterocycles. The van der Waals surface area contributed by atoms with E-state index in [1.807, 2.05) is 5.32 Å². The predicted octanol–water partition coefficient (Wildman–Crippen LogP) is 4.68. The number of halogens is 4. The number of alkyl halides is 3. The van der Waals surface area contributed by atoms with Crippen LogP contribution in [0.4, 0.5) is 23.2 Å². The van der Waals surface area contributed by atoms with E-state index >= 15 is 0 Å². The third kappa shape index (κ3) is 5.60. The average molecular weight is 436 g/mol. The largest absolute Gasteiger partial charge is 0.511 e. The summed E-state index contributed by atoms with van der Waals surface area (Å²) < 4.78 is 58.5. The fraction of sp³-hybridized carbons (Fsp3) is 0.190. The van der Waals surface area contributed by atoms with Gasteiger partial charge in [0.25, 0.3) is 5.91 Å². The van der Waals surface area contributed by atoms with Gasteiger partial charge in [0.15, 0.2) is 17.5 Å². The van der Waals surface area contributed by atoms with E-state index in [1.165, 1.54) is 30.3 Å². The number of ether oxygens (including phenoxy) is 1. The van der Waals surface area contributed by atoms with E-state index in [-0.39, 0.29) is 5.56 Å². The Labute approximate surface area is 174 Å². The second kappa shape index (κ2) is 9.30. The van der Waals surface area contributed by atoms with Crippen molar-refractivity contribution >= 4 is 17.4 Å². The lowest BCUT2D eigenvalue weighted by atomic mass is 10.0. The van der Waals surface area contributed by atoms with Crippen LogP contribution in [0.3, 0.4) is 0 Å². The van der Waals surface area contributed by atoms with Crippen molar-refractivity contribution in [1.29, 1.82) is 5.26 Å². The van der Waals surface area contributed by atoms with E-state index in [1.54, 1.807) is 6.07 Å². The van der Waals surface area contributed by atoms with Crippen molar-refractivity contribution in [3.63, 3.8) is 0 Å². The summed E-state index contributed by atoms with van der Waals surface area (Å²) >= 11 is 0. The van der Waals surface area contributed by atoms with Crippen molar-refractivity contribution in [1.82, 2.24) is 0 Å². The minimum atomic E-state index is -4.78. The van der Waals surface area contributed by atoms with E-state index in [9.17, 15) is 32.3 Å². The molecule has 0 aliphatic rings. The van der Waals surface area contributed by atoms with E-state index in [4.69, 9.17) is 10.00 Å². The molecule has 0 aliphatic carbocycles. The normalized spacial score (nSPS) is 12.9. The van der Waals surface area contributed by atoms with Crippen molar-refractivity contribution in [2.75, 3.05) is 5.32 Å². The molecule has 0 unspecified atom stereocenters. The Morgan fingerprint density at radius 1 is 1.19 bits per heavy atom. The lowest BCUT2D eigenvalue weighted by molar-refractivity contribution is -0.189. The summed E-state index contributed by atoms with van der Waals surface area (Å²) in [5.74, 6) is -4.42. The highest BCUT2D eigenvalue weighted by Gasteiger charge is 2.39. The van der Waals surface area contributed by atoms with Crippen LogP contribution < -0.4 is 10.1 Å². The van der Waals surface area contributed by atoms with Crippen LogP contribution in [0.1, 0.15) is 29.8 Å². The average Bonchev–Trinajstić information content (AvgIpc) is 2.69. The van der Waals surface area contributed by atoms with Crippen molar-refractivity contribution < 1.29 is 37.0 Å². The molecule has 0 radical (unpaired) electrons. The molecule has 10 heteroatoms. The summed E-state index contributed by atoms with van der Waals surface area (Å²) in [6.07, 6.45) is -7.13. The number of amides is 1. The molecular formula is C21H16F4N2O4. The van der Waals surface area contributed by atoms with Gasteiger partial charge in [0.2, 0.25) is 0 Å². The van der Waals surface area contributed by atoms with Crippen LogP contribution in [-0.2, 0) is 4.79 Å². The minimum Gasteiger partial charge on any atom is -0.511 e. The third-order valence-corrected chi connectivity index (χ3v) is 4.06. The maximum atomic E-state index is 14.6. The zero-order chi connectivity index (χ0) is 23.3. The van der Waals surface area contributed by atoms with Crippen LogP contribution in [0.5, 0.6) is 5.75 Å². The molecule has 0 spiro atoms. The smallest absolute Gasteiger partial charge is 0.425 e. The standard InChI is InChI=1S/C21H16F4N2O4/c1-11(28)15(10-26)20(30)27-17-9-18(31-12(2)21(23,24)25)14(8-16(17)22)19(29)13-6-4-3-5-7-13/h3-9,12,28H,1-2H3,(H,27,30)/b15-11-/t12-/m0/s1. The van der Waals surface area contributed by atoms with Gasteiger partial charge in [0.05, 0.1) is 11.3 Å². The summed E-state index contributed by atoms with van der Waals surface area (Å²) in [7, 11) is 0. The van der Waals surface area contributed by atoms with Crippen LogP contribution >= 0.6 is 0 Å². The van der Waals surface area contributed by atoms with Crippen LogP contribution in [-0.4, -0.2) is 29.1 Å². The Bertz CT molecular complexity index is 1070. The van der Waals surface area contributed by atoms with E-state index in [0.717, 1.165) is 6.92 Å². The molecule has 2 aromatic carbocycles. The van der Waals surface area contributed by atoms with Gasteiger partial charge in [0.1, 0.15) is 23.4 Å². The summed E-state index contributed by atoms with van der Waals surface area (Å²) in [6.45, 7) is 1.75. The lowest BCUT2D eigenvalue weighted by Crippen LogP contribution is -2.31. The molecule has 2 aromatic rings. The number of nitrogens with zero attached hydrogens (tertiary/aromatic N) is 1. The lowest BCUT2D eigenvalue weighted by Gasteiger charge is -2.20. The molecule has 0 bridgehead atoms. The Hall–Kier alpha value is -3.87. The Morgan fingerprint density at radius 3 is 2.32 bits per heavy atom. The molecule has 31 heavy (non-hydrogen) atoms. The molecule has 0 fully saturated rings. The number of nitriles is 1. The van der Waals surface area contributed by atoms with Gasteiger partial charge in [-0.25, -0.2) is 4.39 Å². The second-order valence-electron chi connectivity index (χ2n) is 6.35. The van der Waals surface area contributed by atoms with Crippen LogP contribution in [0, 0.1) is 17.1 Å². The molecule has 2 N–H and O–H groups in total. The quantitative estimate of drug-likeness (QED) is 0.225. The Morgan fingerprint density at radius 2 is 1.81 bits per heavy atom. The SMILES string of the molecule is C/C(O)=C(\C#N)C(=O)Nc1cc(O[C@@H](C)C(F)(F)F)c(C(=O)c2ccccc2)cc1F. The molecular weight excluding hydrogens is 420 g/mol. The molecule has 162 valence electrons. The van der Waals surface area contributed by atoms with Crippen molar-refractivity contribution in [2.24, 2.45) is 0 Å². The Balaban J connectivity index is 2.55. The van der Waals surface area contributed by atoms with E-state index in [2.05, 4.69) is 0 Å². The van der Waals surface area contributed by atoms with Gasteiger partial charge in [-0.1, -0.05) is 30.3 Å². The molecule has 2 rings (SSSR count). The van der Waals surface area contributed by atoms with E-state index in [0.29, 0.717) is 19.1 Å². The molecule has 0 aliphatic heterocycles. The number of rotatable bonds is 6. The number of carbonyl (C=O) groups excluding carboxylic acids is 2. The van der Waals surface area contributed by atoms with Crippen LogP contribution in [0.15, 0.2) is 53.8 Å². The van der Waals surface area contributed by atoms with Gasteiger partial charge >= 0.3 is 6.18 Å². The van der Waals surface area contributed by atoms with Gasteiger partial charge < -0.3 is 15.2 Å². The second-order valence-corrected chi connectivity index (χ2v) is 6.35. The molecule has 1 atom stereocenters. The predicted molar refractivity (Wildman–Crippen MR) is 102 cm³/mol. The molecule has 0 saturated carbocycles. The summed E-state index contributed by atoms with van der Waals surface area (Å²) in [6, 6.07) is 10.2. The number of nitrogens with one attached hydrogen (secondary N) is 1. The molecule has 0 aromatic heterocycles. The number of benzene rings is 2. The van der Waals surface area contributed by atoms with Crippen LogP contribution in [0.25, 0.3) is 0 Å². The summed E-state index contributed by atoms with van der Waals surface area (Å²) in [4.78, 5) is 24.8. The summed E-state index contributed by atoms with van der Waals surface area (Å²) in [5.41, 5.74) is -1.79. The maximum Gasteiger partial charge on any atom is 0.425 e. The zero-order valence-corrected chi connectivity index (χ0v) is 16.2. The first kappa shape index (κ1) is 23.4. The maximum absolute atomic E-state index is 14.6. The number of hydrogen-bond donors (Lipinski definition) is 2. The fourth-order valence-electron chi connectivity index (χ4n) is 2.41. The molecule has 0 heterocycles. The highest BCUT2D eigenvalue weighted by molar-refractivity contribution is 6.11. The topological polar surface area (TPSA) is 99.4 Å². The van der Waals surface area contributed by atoms with E-state index < -0.39 is 58.1 Å². The number of allylic oxidation sites excluding steroid dienone is 1. The number of anilines is 1. The Kier molecular flexibility index (Phi) is 7.02. The van der Waals surface area contributed by atoms with Gasteiger partial charge in [-0.15, -0.1) is 0 Å². The minimum absolute atomic E-state index is 0.0776. The number of aliphatic hydroxyl groups is 1. The molecule has 6 nitrogen and oxygen atoms in total. The van der Waals surface area contributed by atoms with Crippen molar-refractivity contribution in [3.8, 4) is 11.8 Å². The van der Waals surface area contributed by atoms with Crippen LogP contribution in [0.2, 0.25) is 0 Å². The first-order chi connectivity index (χ1) is 14.5. The first-order valence-electron chi connectivity index (χ1n) is 8.73. The first-order valence-corrected chi connectivity index (χ1v) is 8.73. The molecule has 1 amide bonds. The number of hydrogen-bond acceptors (Lipinski definition) is 5. The summed E-state index contributed by atoms with van der Waals surface area (Å²) in [5, 5.41) is 20.2. The zero-order valence-electron chi connectivity index (χ0n) is 16.2. The van der Waals surface area contributed by atoms with Gasteiger partial charge in [-0.2, -0.15) is 18.4 Å². The van der Waals surface area contributed by atoms with Gasteiger partial charge in [-0.05, 0) is 19.9 Å². The number of carbonyl (C=O) groups is 2. The monoisotopic (exact) mass is 436 g/mol. The number of aliphatic hydroxyl groups excluding tert-OH is 1. The van der Waals surface area contributed by atoms with Gasteiger partial charge in [-0.3, -0.25) is 9.59 Å². The third-order valence-electron chi connectivity index (χ3n) is 4.06. The highest BCUT2D eigenvalue weighted by atomic mass is 19.4. The number of ketones is 1. The van der Waals surface area contributed by atoms with Gasteiger partial charge in [0, 0.05) is 11.6 Å². The highest BCUT2D eigenvalue weighted by Crippen LogP contribution is 2.32. The van der Waals surface area contributed by atoms with Crippen molar-refractivity contribution in [3.05, 3.63) is 70.7 Å².